The number of benzene rings is 4. The Kier molecular flexibility index (Phi) is 12.3. The van der Waals surface area contributed by atoms with Gasteiger partial charge in [-0.05, 0) is 120 Å². The van der Waals surface area contributed by atoms with Gasteiger partial charge in [0.1, 0.15) is 93.4 Å². The summed E-state index contributed by atoms with van der Waals surface area (Å²) in [6.07, 6.45) is 9.09. The molecule has 74 heavy (non-hydrogen) atoms. The Balaban J connectivity index is 0.000000160. The molecule has 2 aliphatic carbocycles. The third kappa shape index (κ3) is 8.32. The van der Waals surface area contributed by atoms with Gasteiger partial charge in [0.25, 0.3) is 11.1 Å². The Bertz CT molecular complexity index is 3920. The van der Waals surface area contributed by atoms with Crippen LogP contribution in [-0.4, -0.2) is 64.7 Å². The van der Waals surface area contributed by atoms with Crippen LogP contribution in [0.25, 0.3) is 66.4 Å². The molecule has 0 bridgehead atoms. The minimum Gasteiger partial charge on any atom is -0.491 e. The number of ether oxygens (including phenoxy) is 1. The number of hydrogen-bond donors (Lipinski definition) is 2. The molecule has 0 spiro atoms. The molecule has 20 heteroatoms. The topological polar surface area (TPSA) is 218 Å². The first-order valence-corrected chi connectivity index (χ1v) is 24.7. The van der Waals surface area contributed by atoms with Crippen LogP contribution >= 0.6 is 0 Å². The molecule has 2 atom stereocenters. The van der Waals surface area contributed by atoms with Crippen LogP contribution in [0.3, 0.4) is 0 Å². The zero-order chi connectivity index (χ0) is 51.5. The zero-order valence-corrected chi connectivity index (χ0v) is 41.0. The van der Waals surface area contributed by atoms with Crippen LogP contribution in [0, 0.1) is 17.5 Å². The van der Waals surface area contributed by atoms with Crippen LogP contribution in [0.2, 0.25) is 0 Å². The van der Waals surface area contributed by atoms with Gasteiger partial charge in [0.2, 0.25) is 0 Å². The first kappa shape index (κ1) is 47.8. The third-order valence-corrected chi connectivity index (χ3v) is 14.1. The largest absolute Gasteiger partial charge is 0.491 e. The number of fused-ring (bicyclic) bond motifs is 4. The normalized spacial score (nSPS) is 15.0. The maximum absolute atomic E-state index is 14.8. The van der Waals surface area contributed by atoms with Crippen LogP contribution in [0.4, 0.5) is 24.8 Å². The first-order valence-electron chi connectivity index (χ1n) is 24.7. The van der Waals surface area contributed by atoms with Crippen LogP contribution in [0.5, 0.6) is 5.75 Å². The van der Waals surface area contributed by atoms with E-state index in [1.54, 1.807) is 48.8 Å². The summed E-state index contributed by atoms with van der Waals surface area (Å²) >= 11 is 0. The van der Waals surface area contributed by atoms with E-state index in [4.69, 9.17) is 36.4 Å². The van der Waals surface area contributed by atoms with Crippen LogP contribution < -0.4 is 27.3 Å². The lowest BCUT2D eigenvalue weighted by molar-refractivity contribution is 0.242. The minimum atomic E-state index is -0.592. The zero-order valence-electron chi connectivity index (χ0n) is 41.0. The number of hydrogen-bond acceptors (Lipinski definition) is 13. The lowest BCUT2D eigenvalue weighted by Crippen LogP contribution is -2.35. The Morgan fingerprint density at radius 1 is 0.568 bits per heavy atom. The van der Waals surface area contributed by atoms with Gasteiger partial charge in [-0.15, -0.1) is 0 Å². The summed E-state index contributed by atoms with van der Waals surface area (Å²) in [5, 5.41) is 10.8. The van der Waals surface area contributed by atoms with Gasteiger partial charge in [-0.25, -0.2) is 52.4 Å². The number of nitrogens with two attached hydrogens (primary N) is 2. The van der Waals surface area contributed by atoms with Gasteiger partial charge >= 0.3 is 0 Å². The molecule has 0 radical (unpaired) electrons. The molecule has 376 valence electrons. The van der Waals surface area contributed by atoms with Gasteiger partial charge < -0.3 is 16.2 Å². The molecule has 0 aliphatic heterocycles. The van der Waals surface area contributed by atoms with E-state index in [2.05, 4.69) is 19.9 Å². The van der Waals surface area contributed by atoms with Crippen LogP contribution in [0.15, 0.2) is 107 Å². The molecule has 0 saturated heterocycles. The second-order valence-corrected chi connectivity index (χ2v) is 19.1. The highest BCUT2D eigenvalue weighted by Gasteiger charge is 2.32. The predicted molar refractivity (Wildman–Crippen MR) is 276 cm³/mol. The van der Waals surface area contributed by atoms with Gasteiger partial charge in [0, 0.05) is 23.2 Å². The summed E-state index contributed by atoms with van der Waals surface area (Å²) in [5.74, 6) is 0.659. The standard InChI is InChI=1S/C29H30FN7O2.C25H21F2N7O/c1-16(2)39-20-13-11-18(12-14-20)25-24-26(31)32-15-33-28(24)37(35-25)17(3)27-34-22-10-6-9-21(30)23(22)29(38)36(27)19-7-4-5-8-19;1-13(23-31-18-10-4-9-17(27)19(18)25(35)33(23)16-7-3-8-16)34-24-20(22(28)29-12-30-24)21(32-34)14-5-2-6-15(26)11-14/h6,9-17,19H,4-5,7-8H2,1-3H3,(H2,31,32,33);2,4-6,9-13,16H,3,7-8H2,1H3,(H2,28,29,30). The van der Waals surface area contributed by atoms with E-state index in [-0.39, 0.29) is 45.9 Å². The smallest absolute Gasteiger partial charge is 0.264 e. The highest BCUT2D eigenvalue weighted by atomic mass is 19.1. The van der Waals surface area contributed by atoms with Crippen molar-refractivity contribution >= 4 is 55.5 Å². The van der Waals surface area contributed by atoms with E-state index in [0.717, 1.165) is 56.3 Å². The molecular weight excluding hydrogens is 950 g/mol. The van der Waals surface area contributed by atoms with Crippen molar-refractivity contribution in [1.29, 1.82) is 0 Å². The van der Waals surface area contributed by atoms with Crippen molar-refractivity contribution in [1.82, 2.24) is 58.6 Å². The fraction of sp³-hybridized carbons (Fsp3) is 0.296. The molecule has 12 rings (SSSR count). The number of rotatable bonds is 10. The monoisotopic (exact) mass is 1000 g/mol. The van der Waals surface area contributed by atoms with E-state index in [9.17, 15) is 22.8 Å². The maximum Gasteiger partial charge on any atom is 0.264 e. The van der Waals surface area contributed by atoms with Crippen LogP contribution in [-0.2, 0) is 0 Å². The lowest BCUT2D eigenvalue weighted by atomic mass is 9.92. The van der Waals surface area contributed by atoms with Gasteiger partial charge in [-0.1, -0.05) is 37.1 Å². The molecule has 4 N–H and O–H groups in total. The maximum atomic E-state index is 14.8. The fourth-order valence-electron chi connectivity index (χ4n) is 10.3. The lowest BCUT2D eigenvalue weighted by Gasteiger charge is -2.31. The van der Waals surface area contributed by atoms with Crippen molar-refractivity contribution in [3.8, 4) is 28.3 Å². The molecule has 2 unspecified atom stereocenters. The molecule has 6 aromatic heterocycles. The van der Waals surface area contributed by atoms with E-state index in [1.807, 2.05) is 52.0 Å². The minimum absolute atomic E-state index is 0.0154. The SMILES string of the molecule is CC(C)Oc1ccc(-c2nn(C(C)c3nc4cccc(F)c4c(=O)n3C3CCCC3)c3ncnc(N)c23)cc1.CC(c1nc2cccc(F)c2c(=O)n1C1CCC1)n1nc(-c2cccc(F)c2)c2c(N)ncnc21. The van der Waals surface area contributed by atoms with Crippen molar-refractivity contribution in [2.45, 2.75) is 103 Å². The Hall–Kier alpha value is -8.55. The van der Waals surface area contributed by atoms with E-state index < -0.39 is 35.1 Å². The molecule has 2 fully saturated rings. The molecule has 0 amide bonds. The summed E-state index contributed by atoms with van der Waals surface area (Å²) in [6, 6.07) is 21.4. The summed E-state index contributed by atoms with van der Waals surface area (Å²) in [7, 11) is 0. The second kappa shape index (κ2) is 19.1. The first-order chi connectivity index (χ1) is 35.8. The number of halogens is 3. The Labute approximate surface area is 420 Å². The van der Waals surface area contributed by atoms with Crippen LogP contribution in [0.1, 0.15) is 108 Å². The van der Waals surface area contributed by atoms with E-state index >= 15 is 0 Å². The number of aromatic nitrogens is 12. The second-order valence-electron chi connectivity index (χ2n) is 19.1. The average Bonchev–Trinajstić information content (AvgIpc) is 4.14. The van der Waals surface area contributed by atoms with Crippen molar-refractivity contribution in [2.24, 2.45) is 0 Å². The van der Waals surface area contributed by atoms with Crippen molar-refractivity contribution in [3.63, 3.8) is 0 Å². The number of nitrogens with zero attached hydrogens (tertiary/aromatic N) is 12. The van der Waals surface area contributed by atoms with Gasteiger partial charge in [-0.2, -0.15) is 10.2 Å². The highest BCUT2D eigenvalue weighted by molar-refractivity contribution is 5.99. The summed E-state index contributed by atoms with van der Waals surface area (Å²) < 4.78 is 55.9. The quantitative estimate of drug-likeness (QED) is 0.131. The molecule has 2 saturated carbocycles. The molecule has 2 aliphatic rings. The Morgan fingerprint density at radius 2 is 1.04 bits per heavy atom. The average molecular weight is 1000 g/mol. The number of nitrogen functional groups attached to an aromatic ring is 2. The summed E-state index contributed by atoms with van der Waals surface area (Å²) in [5.41, 5.74) is 15.7. The molecule has 4 aromatic carbocycles. The summed E-state index contributed by atoms with van der Waals surface area (Å²) in [4.78, 5) is 54.0. The van der Waals surface area contributed by atoms with Gasteiger partial charge in [0.15, 0.2) is 11.3 Å². The Morgan fingerprint density at radius 3 is 1.50 bits per heavy atom. The highest BCUT2D eigenvalue weighted by Crippen LogP contribution is 2.39. The summed E-state index contributed by atoms with van der Waals surface area (Å²) in [6.45, 7) is 7.72. The van der Waals surface area contributed by atoms with E-state index in [1.165, 1.54) is 43.0 Å². The van der Waals surface area contributed by atoms with Crippen molar-refractivity contribution in [3.05, 3.63) is 147 Å². The third-order valence-electron chi connectivity index (χ3n) is 14.1. The van der Waals surface area contributed by atoms with Gasteiger partial charge in [0.05, 0.1) is 27.9 Å². The predicted octanol–water partition coefficient (Wildman–Crippen LogP) is 9.83. The van der Waals surface area contributed by atoms with Gasteiger partial charge in [-0.3, -0.25) is 18.7 Å². The van der Waals surface area contributed by atoms with Crippen molar-refractivity contribution < 1.29 is 17.9 Å². The van der Waals surface area contributed by atoms with E-state index in [0.29, 0.717) is 62.0 Å². The molecule has 6 heterocycles. The molecule has 17 nitrogen and oxygen atoms in total. The number of anilines is 2. The fourth-order valence-corrected chi connectivity index (χ4v) is 10.3. The molecule has 10 aromatic rings. The molecular formula is C54H51F3N14O3. The van der Waals surface area contributed by atoms with Crippen molar-refractivity contribution in [2.75, 3.05) is 11.5 Å².